The standard InChI is InChI=1S/C8H8N4OS2/c9-8-12-6(3-14-8)7(13)11-2-5-1-10-4-15-5/h1,3-4H,2H2,(H2,9,12)(H,11,13). The molecule has 0 fully saturated rings. The Balaban J connectivity index is 1.93. The van der Waals surface area contributed by atoms with E-state index in [1.165, 1.54) is 22.7 Å². The van der Waals surface area contributed by atoms with E-state index in [9.17, 15) is 4.79 Å². The number of anilines is 1. The number of nitrogens with one attached hydrogen (secondary N) is 1. The van der Waals surface area contributed by atoms with Gasteiger partial charge in [-0.3, -0.25) is 9.78 Å². The quantitative estimate of drug-likeness (QED) is 0.842. The minimum Gasteiger partial charge on any atom is -0.375 e. The van der Waals surface area contributed by atoms with E-state index in [2.05, 4.69) is 15.3 Å². The zero-order valence-electron chi connectivity index (χ0n) is 7.64. The van der Waals surface area contributed by atoms with Crippen LogP contribution in [0.2, 0.25) is 0 Å². The monoisotopic (exact) mass is 240 g/mol. The van der Waals surface area contributed by atoms with Gasteiger partial charge in [0.1, 0.15) is 5.69 Å². The molecule has 0 aliphatic heterocycles. The Bertz CT molecular complexity index is 451. The maximum Gasteiger partial charge on any atom is 0.271 e. The van der Waals surface area contributed by atoms with Crippen LogP contribution in [0.25, 0.3) is 0 Å². The molecule has 2 heterocycles. The van der Waals surface area contributed by atoms with Crippen LogP contribution in [-0.2, 0) is 6.54 Å². The summed E-state index contributed by atoms with van der Waals surface area (Å²) in [6.45, 7) is 0.473. The molecule has 0 aliphatic carbocycles. The lowest BCUT2D eigenvalue weighted by atomic mass is 10.4. The summed E-state index contributed by atoms with van der Waals surface area (Å²) in [5, 5.41) is 4.77. The van der Waals surface area contributed by atoms with E-state index in [1.54, 1.807) is 17.1 Å². The third-order valence-electron chi connectivity index (χ3n) is 1.66. The minimum absolute atomic E-state index is 0.212. The van der Waals surface area contributed by atoms with Crippen molar-refractivity contribution in [1.29, 1.82) is 0 Å². The average Bonchev–Trinajstić information content (AvgIpc) is 2.84. The number of hydrogen-bond donors (Lipinski definition) is 2. The molecule has 0 spiro atoms. The molecule has 3 N–H and O–H groups in total. The number of nitrogen functional groups attached to an aromatic ring is 1. The average molecular weight is 240 g/mol. The number of carbonyl (C=O) groups excluding carboxylic acids is 1. The molecule has 2 rings (SSSR count). The minimum atomic E-state index is -0.212. The van der Waals surface area contributed by atoms with Gasteiger partial charge in [0.2, 0.25) is 0 Å². The normalized spacial score (nSPS) is 10.1. The summed E-state index contributed by atoms with van der Waals surface area (Å²) in [6, 6.07) is 0. The Morgan fingerprint density at radius 3 is 3.00 bits per heavy atom. The fourth-order valence-electron chi connectivity index (χ4n) is 0.979. The van der Waals surface area contributed by atoms with Gasteiger partial charge in [-0.05, 0) is 0 Å². The van der Waals surface area contributed by atoms with Crippen LogP contribution in [0, 0.1) is 0 Å². The lowest BCUT2D eigenvalue weighted by molar-refractivity contribution is 0.0947. The summed E-state index contributed by atoms with van der Waals surface area (Å²) in [5.74, 6) is -0.212. The molecule has 7 heteroatoms. The predicted octanol–water partition coefficient (Wildman–Crippen LogP) is 1.11. The molecular formula is C8H8N4OS2. The topological polar surface area (TPSA) is 80.9 Å². The van der Waals surface area contributed by atoms with E-state index in [0.717, 1.165) is 4.88 Å². The summed E-state index contributed by atoms with van der Waals surface area (Å²) in [6.07, 6.45) is 1.72. The van der Waals surface area contributed by atoms with Crippen LogP contribution in [0.4, 0.5) is 5.13 Å². The molecular weight excluding hydrogens is 232 g/mol. The first-order valence-electron chi connectivity index (χ1n) is 4.12. The van der Waals surface area contributed by atoms with Gasteiger partial charge in [0.05, 0.1) is 12.1 Å². The van der Waals surface area contributed by atoms with Gasteiger partial charge >= 0.3 is 0 Å². The van der Waals surface area contributed by atoms with Crippen molar-refractivity contribution in [3.8, 4) is 0 Å². The fraction of sp³-hybridized carbons (Fsp3) is 0.125. The summed E-state index contributed by atoms with van der Waals surface area (Å²) < 4.78 is 0. The molecule has 1 amide bonds. The van der Waals surface area contributed by atoms with Crippen molar-refractivity contribution in [3.63, 3.8) is 0 Å². The molecule has 78 valence electrons. The first-order valence-corrected chi connectivity index (χ1v) is 5.88. The summed E-state index contributed by atoms with van der Waals surface area (Å²) in [7, 11) is 0. The largest absolute Gasteiger partial charge is 0.375 e. The summed E-state index contributed by atoms with van der Waals surface area (Å²) in [5.41, 5.74) is 7.51. The lowest BCUT2D eigenvalue weighted by Crippen LogP contribution is -2.22. The predicted molar refractivity (Wildman–Crippen MR) is 59.8 cm³/mol. The van der Waals surface area contributed by atoms with Gasteiger partial charge < -0.3 is 11.1 Å². The van der Waals surface area contributed by atoms with Gasteiger partial charge in [0.15, 0.2) is 5.13 Å². The molecule has 0 saturated carbocycles. The van der Waals surface area contributed by atoms with Gasteiger partial charge in [0, 0.05) is 16.5 Å². The Morgan fingerprint density at radius 1 is 1.53 bits per heavy atom. The van der Waals surface area contributed by atoms with Gasteiger partial charge in [-0.15, -0.1) is 22.7 Å². The first kappa shape index (κ1) is 10.1. The van der Waals surface area contributed by atoms with E-state index in [1.807, 2.05) is 0 Å². The molecule has 0 radical (unpaired) electrons. The number of thiazole rings is 2. The Morgan fingerprint density at radius 2 is 2.40 bits per heavy atom. The number of hydrogen-bond acceptors (Lipinski definition) is 6. The molecule has 0 bridgehead atoms. The number of nitrogens with two attached hydrogens (primary N) is 1. The van der Waals surface area contributed by atoms with Crippen molar-refractivity contribution in [2.24, 2.45) is 0 Å². The van der Waals surface area contributed by atoms with Crippen molar-refractivity contribution >= 4 is 33.7 Å². The second kappa shape index (κ2) is 4.37. The van der Waals surface area contributed by atoms with Crippen molar-refractivity contribution in [3.05, 3.63) is 27.7 Å². The molecule has 0 unspecified atom stereocenters. The highest BCUT2D eigenvalue weighted by Gasteiger charge is 2.08. The molecule has 2 aromatic heterocycles. The zero-order chi connectivity index (χ0) is 10.7. The summed E-state index contributed by atoms with van der Waals surface area (Å²) >= 11 is 2.75. The van der Waals surface area contributed by atoms with Crippen LogP contribution in [0.5, 0.6) is 0 Å². The Hall–Kier alpha value is -1.47. The van der Waals surface area contributed by atoms with Gasteiger partial charge in [-0.25, -0.2) is 4.98 Å². The van der Waals surface area contributed by atoms with Crippen molar-refractivity contribution in [2.75, 3.05) is 5.73 Å². The maximum absolute atomic E-state index is 11.5. The van der Waals surface area contributed by atoms with E-state index < -0.39 is 0 Å². The molecule has 15 heavy (non-hydrogen) atoms. The molecule has 0 aliphatic rings. The molecule has 5 nitrogen and oxygen atoms in total. The number of aromatic nitrogens is 2. The van der Waals surface area contributed by atoms with Crippen molar-refractivity contribution in [2.45, 2.75) is 6.54 Å². The number of carbonyl (C=O) groups is 1. The van der Waals surface area contributed by atoms with E-state index in [-0.39, 0.29) is 5.91 Å². The molecule has 0 atom stereocenters. The fourth-order valence-corrected chi connectivity index (χ4v) is 2.06. The van der Waals surface area contributed by atoms with Crippen LogP contribution in [0.1, 0.15) is 15.4 Å². The second-order valence-corrected chi connectivity index (χ2v) is 4.58. The lowest BCUT2D eigenvalue weighted by Gasteiger charge is -1.99. The first-order chi connectivity index (χ1) is 7.25. The van der Waals surface area contributed by atoms with Crippen molar-refractivity contribution < 1.29 is 4.79 Å². The highest BCUT2D eigenvalue weighted by atomic mass is 32.1. The smallest absolute Gasteiger partial charge is 0.271 e. The van der Waals surface area contributed by atoms with E-state index in [0.29, 0.717) is 17.4 Å². The zero-order valence-corrected chi connectivity index (χ0v) is 9.27. The van der Waals surface area contributed by atoms with Crippen molar-refractivity contribution in [1.82, 2.24) is 15.3 Å². The number of amides is 1. The maximum atomic E-state index is 11.5. The summed E-state index contributed by atoms with van der Waals surface area (Å²) in [4.78, 5) is 20.3. The molecule has 0 aromatic carbocycles. The number of rotatable bonds is 3. The Labute approximate surface area is 94.0 Å². The second-order valence-electron chi connectivity index (χ2n) is 2.72. The van der Waals surface area contributed by atoms with Gasteiger partial charge in [-0.1, -0.05) is 0 Å². The van der Waals surface area contributed by atoms with Gasteiger partial charge in [-0.2, -0.15) is 0 Å². The number of nitrogens with zero attached hydrogens (tertiary/aromatic N) is 2. The third-order valence-corrected chi connectivity index (χ3v) is 3.11. The van der Waals surface area contributed by atoms with Gasteiger partial charge in [0.25, 0.3) is 5.91 Å². The Kier molecular flexibility index (Phi) is 2.93. The SMILES string of the molecule is Nc1nc(C(=O)NCc2cncs2)cs1. The van der Waals surface area contributed by atoms with E-state index >= 15 is 0 Å². The highest BCUT2D eigenvalue weighted by Crippen LogP contribution is 2.11. The van der Waals surface area contributed by atoms with Crippen LogP contribution in [0.15, 0.2) is 17.1 Å². The highest BCUT2D eigenvalue weighted by molar-refractivity contribution is 7.13. The third kappa shape index (κ3) is 2.51. The molecule has 2 aromatic rings. The van der Waals surface area contributed by atoms with Crippen LogP contribution in [0.3, 0.4) is 0 Å². The van der Waals surface area contributed by atoms with Crippen LogP contribution >= 0.6 is 22.7 Å². The molecule has 0 saturated heterocycles. The van der Waals surface area contributed by atoms with E-state index in [4.69, 9.17) is 5.73 Å². The van der Waals surface area contributed by atoms with Crippen LogP contribution in [-0.4, -0.2) is 15.9 Å². The van der Waals surface area contributed by atoms with Crippen LogP contribution < -0.4 is 11.1 Å².